The minimum atomic E-state index is 0.108. The zero-order valence-electron chi connectivity index (χ0n) is 13.7. The first-order chi connectivity index (χ1) is 11.8. The summed E-state index contributed by atoms with van der Waals surface area (Å²) >= 11 is 0. The smallest absolute Gasteiger partial charge is 0.203 e. The maximum absolute atomic E-state index is 9.11. The van der Waals surface area contributed by atoms with Crippen LogP contribution >= 0.6 is 0 Å². The molecule has 5 nitrogen and oxygen atoms in total. The second-order valence-electron chi connectivity index (χ2n) is 6.32. The molecule has 3 aromatic rings. The quantitative estimate of drug-likeness (QED) is 0.774. The number of anilines is 1. The molecule has 1 saturated heterocycles. The predicted molar refractivity (Wildman–Crippen MR) is 95.9 cm³/mol. The van der Waals surface area contributed by atoms with E-state index in [1.807, 2.05) is 30.3 Å². The number of hydrogen-bond donors (Lipinski definition) is 2. The van der Waals surface area contributed by atoms with Crippen molar-refractivity contribution >= 4 is 17.0 Å². The van der Waals surface area contributed by atoms with Crippen LogP contribution in [-0.4, -0.2) is 46.2 Å². The lowest BCUT2D eigenvalue weighted by atomic mass is 10.1. The van der Waals surface area contributed by atoms with Crippen molar-refractivity contribution in [3.05, 3.63) is 59.7 Å². The standard InChI is InChI=1S/C19H22N4O/c24-14-16-7-5-15(6-8-16)13-22-9-11-23(12-10-22)19-20-17-3-1-2-4-18(17)21-19/h1-8,24H,9-14H2,(H,20,21). The summed E-state index contributed by atoms with van der Waals surface area (Å²) in [6.07, 6.45) is 0. The van der Waals surface area contributed by atoms with Crippen molar-refractivity contribution in [2.45, 2.75) is 13.2 Å². The first kappa shape index (κ1) is 15.2. The van der Waals surface area contributed by atoms with E-state index in [2.05, 4.69) is 33.0 Å². The molecule has 0 aliphatic carbocycles. The second kappa shape index (κ2) is 6.63. The van der Waals surface area contributed by atoms with E-state index < -0.39 is 0 Å². The van der Waals surface area contributed by atoms with Crippen LogP contribution in [0.1, 0.15) is 11.1 Å². The molecule has 0 saturated carbocycles. The van der Waals surface area contributed by atoms with Crippen molar-refractivity contribution < 1.29 is 5.11 Å². The fourth-order valence-corrected chi connectivity index (χ4v) is 3.22. The number of aliphatic hydroxyl groups is 1. The topological polar surface area (TPSA) is 55.4 Å². The molecule has 2 aromatic carbocycles. The highest BCUT2D eigenvalue weighted by Gasteiger charge is 2.19. The second-order valence-corrected chi connectivity index (χ2v) is 6.32. The molecule has 1 aliphatic heterocycles. The van der Waals surface area contributed by atoms with Gasteiger partial charge in [-0.15, -0.1) is 0 Å². The number of imidazole rings is 1. The number of benzene rings is 2. The Morgan fingerprint density at radius 1 is 0.917 bits per heavy atom. The van der Waals surface area contributed by atoms with Crippen LogP contribution in [0, 0.1) is 0 Å². The van der Waals surface area contributed by atoms with Crippen molar-refractivity contribution in [3.8, 4) is 0 Å². The van der Waals surface area contributed by atoms with E-state index >= 15 is 0 Å². The summed E-state index contributed by atoms with van der Waals surface area (Å²) in [7, 11) is 0. The Labute approximate surface area is 141 Å². The molecule has 4 rings (SSSR count). The Balaban J connectivity index is 1.37. The number of H-pyrrole nitrogens is 1. The Bertz CT molecular complexity index is 771. The lowest BCUT2D eigenvalue weighted by molar-refractivity contribution is 0.248. The van der Waals surface area contributed by atoms with Gasteiger partial charge in [-0.3, -0.25) is 4.90 Å². The van der Waals surface area contributed by atoms with E-state index in [-0.39, 0.29) is 6.61 Å². The number of aromatic amines is 1. The highest BCUT2D eigenvalue weighted by atomic mass is 16.3. The Kier molecular flexibility index (Phi) is 4.19. The summed E-state index contributed by atoms with van der Waals surface area (Å²) in [6, 6.07) is 16.4. The van der Waals surface area contributed by atoms with Gasteiger partial charge in [0.15, 0.2) is 0 Å². The van der Waals surface area contributed by atoms with Gasteiger partial charge in [-0.05, 0) is 23.3 Å². The number of aromatic nitrogens is 2. The van der Waals surface area contributed by atoms with E-state index in [1.165, 1.54) is 5.56 Å². The first-order valence-corrected chi connectivity index (χ1v) is 8.42. The molecule has 0 radical (unpaired) electrons. The number of fused-ring (bicyclic) bond motifs is 1. The number of nitrogens with one attached hydrogen (secondary N) is 1. The average molecular weight is 322 g/mol. The summed E-state index contributed by atoms with van der Waals surface area (Å²) in [4.78, 5) is 12.9. The minimum Gasteiger partial charge on any atom is -0.392 e. The number of hydrogen-bond acceptors (Lipinski definition) is 4. The SMILES string of the molecule is OCc1ccc(CN2CCN(c3nc4ccccc4[nH]3)CC2)cc1. The summed E-state index contributed by atoms with van der Waals surface area (Å²) < 4.78 is 0. The van der Waals surface area contributed by atoms with Crippen LogP contribution in [0.3, 0.4) is 0 Å². The first-order valence-electron chi connectivity index (χ1n) is 8.42. The summed E-state index contributed by atoms with van der Waals surface area (Å²) in [5.74, 6) is 0.975. The van der Waals surface area contributed by atoms with Gasteiger partial charge in [-0.1, -0.05) is 36.4 Å². The summed E-state index contributed by atoms with van der Waals surface area (Å²) in [6.45, 7) is 5.08. The van der Waals surface area contributed by atoms with Gasteiger partial charge in [0, 0.05) is 32.7 Å². The maximum Gasteiger partial charge on any atom is 0.203 e. The number of rotatable bonds is 4. The number of para-hydroxylation sites is 2. The van der Waals surface area contributed by atoms with Gasteiger partial charge < -0.3 is 15.0 Å². The third-order valence-corrected chi connectivity index (χ3v) is 4.66. The molecule has 24 heavy (non-hydrogen) atoms. The van der Waals surface area contributed by atoms with Gasteiger partial charge in [-0.2, -0.15) is 0 Å². The Morgan fingerprint density at radius 2 is 1.62 bits per heavy atom. The van der Waals surface area contributed by atoms with Crippen LogP contribution < -0.4 is 4.90 Å². The molecule has 1 aromatic heterocycles. The molecular formula is C19H22N4O. The van der Waals surface area contributed by atoms with E-state index in [0.717, 1.165) is 55.3 Å². The average Bonchev–Trinajstić information content (AvgIpc) is 3.07. The number of piperazine rings is 1. The van der Waals surface area contributed by atoms with E-state index in [1.54, 1.807) is 0 Å². The van der Waals surface area contributed by atoms with Crippen molar-refractivity contribution in [2.24, 2.45) is 0 Å². The van der Waals surface area contributed by atoms with Crippen LogP contribution in [-0.2, 0) is 13.2 Å². The van der Waals surface area contributed by atoms with Crippen molar-refractivity contribution in [3.63, 3.8) is 0 Å². The molecule has 0 bridgehead atoms. The van der Waals surface area contributed by atoms with Crippen molar-refractivity contribution in [1.82, 2.24) is 14.9 Å². The molecule has 0 unspecified atom stereocenters. The molecule has 0 spiro atoms. The summed E-state index contributed by atoms with van der Waals surface area (Å²) in [5.41, 5.74) is 4.38. The van der Waals surface area contributed by atoms with Crippen LogP contribution in [0.5, 0.6) is 0 Å². The zero-order valence-corrected chi connectivity index (χ0v) is 13.7. The maximum atomic E-state index is 9.11. The zero-order chi connectivity index (χ0) is 16.4. The summed E-state index contributed by atoms with van der Waals surface area (Å²) in [5, 5.41) is 9.11. The van der Waals surface area contributed by atoms with E-state index in [9.17, 15) is 0 Å². The highest BCUT2D eigenvalue weighted by molar-refractivity contribution is 5.77. The fourth-order valence-electron chi connectivity index (χ4n) is 3.22. The van der Waals surface area contributed by atoms with Gasteiger partial charge in [0.1, 0.15) is 0 Å². The van der Waals surface area contributed by atoms with Gasteiger partial charge in [-0.25, -0.2) is 4.98 Å². The van der Waals surface area contributed by atoms with Gasteiger partial charge in [0.2, 0.25) is 5.95 Å². The molecule has 124 valence electrons. The van der Waals surface area contributed by atoms with Crippen LogP contribution in [0.15, 0.2) is 48.5 Å². The molecule has 0 amide bonds. The van der Waals surface area contributed by atoms with Crippen molar-refractivity contribution in [1.29, 1.82) is 0 Å². The third kappa shape index (κ3) is 3.13. The third-order valence-electron chi connectivity index (χ3n) is 4.66. The van der Waals surface area contributed by atoms with Gasteiger partial charge >= 0.3 is 0 Å². The van der Waals surface area contributed by atoms with Crippen LogP contribution in [0.2, 0.25) is 0 Å². The molecule has 0 atom stereocenters. The Hall–Kier alpha value is -2.37. The molecule has 5 heteroatoms. The molecular weight excluding hydrogens is 300 g/mol. The lowest BCUT2D eigenvalue weighted by Gasteiger charge is -2.34. The molecule has 2 N–H and O–H groups in total. The minimum absolute atomic E-state index is 0.108. The Morgan fingerprint density at radius 3 is 2.33 bits per heavy atom. The fraction of sp³-hybridized carbons (Fsp3) is 0.316. The van der Waals surface area contributed by atoms with E-state index in [0.29, 0.717) is 0 Å². The van der Waals surface area contributed by atoms with Crippen LogP contribution in [0.25, 0.3) is 11.0 Å². The molecule has 1 fully saturated rings. The monoisotopic (exact) mass is 322 g/mol. The lowest BCUT2D eigenvalue weighted by Crippen LogP contribution is -2.46. The van der Waals surface area contributed by atoms with Crippen molar-refractivity contribution in [2.75, 3.05) is 31.1 Å². The number of aliphatic hydroxyl groups excluding tert-OH is 1. The van der Waals surface area contributed by atoms with Crippen LogP contribution in [0.4, 0.5) is 5.95 Å². The normalized spacial score (nSPS) is 16.0. The predicted octanol–water partition coefficient (Wildman–Crippen LogP) is 2.38. The van der Waals surface area contributed by atoms with Gasteiger partial charge in [0.25, 0.3) is 0 Å². The molecule has 2 heterocycles. The number of nitrogens with zero attached hydrogens (tertiary/aromatic N) is 3. The highest BCUT2D eigenvalue weighted by Crippen LogP contribution is 2.19. The van der Waals surface area contributed by atoms with Gasteiger partial charge in [0.05, 0.1) is 17.6 Å². The molecule has 1 aliphatic rings. The van der Waals surface area contributed by atoms with E-state index in [4.69, 9.17) is 10.1 Å². The largest absolute Gasteiger partial charge is 0.392 e.